The van der Waals surface area contributed by atoms with Crippen molar-refractivity contribution in [2.45, 2.75) is 50.8 Å². The maximum absolute atomic E-state index is 12.0. The number of rotatable bonds is 5. The van der Waals surface area contributed by atoms with Crippen molar-refractivity contribution in [3.8, 4) is 0 Å². The van der Waals surface area contributed by atoms with E-state index in [1.54, 1.807) is 0 Å². The van der Waals surface area contributed by atoms with Crippen molar-refractivity contribution >= 4 is 6.03 Å². The van der Waals surface area contributed by atoms with Crippen molar-refractivity contribution in [1.82, 2.24) is 15.5 Å². The zero-order chi connectivity index (χ0) is 16.8. The Morgan fingerprint density at radius 1 is 1.25 bits per heavy atom. The highest BCUT2D eigenvalue weighted by Crippen LogP contribution is 2.23. The molecule has 24 heavy (non-hydrogen) atoms. The van der Waals surface area contributed by atoms with Crippen LogP contribution in [0.1, 0.15) is 44.2 Å². The van der Waals surface area contributed by atoms with Crippen LogP contribution in [0.2, 0.25) is 0 Å². The molecule has 2 fully saturated rings. The molecule has 1 aromatic rings. The highest BCUT2D eigenvalue weighted by atomic mass is 16.5. The van der Waals surface area contributed by atoms with Gasteiger partial charge in [0.2, 0.25) is 0 Å². The molecule has 3 rings (SSSR count). The topological polar surface area (TPSA) is 53.6 Å². The van der Waals surface area contributed by atoms with E-state index in [0.29, 0.717) is 12.6 Å². The summed E-state index contributed by atoms with van der Waals surface area (Å²) < 4.78 is 5.53. The average Bonchev–Trinajstić information content (AvgIpc) is 3.14. The minimum atomic E-state index is -0.0555. The Morgan fingerprint density at radius 3 is 2.67 bits per heavy atom. The molecule has 0 saturated carbocycles. The van der Waals surface area contributed by atoms with Crippen LogP contribution in [0.5, 0.6) is 0 Å². The molecule has 2 amide bonds. The van der Waals surface area contributed by atoms with Crippen LogP contribution in [-0.4, -0.2) is 49.3 Å². The Balaban J connectivity index is 1.37. The number of urea groups is 1. The summed E-state index contributed by atoms with van der Waals surface area (Å²) in [5.74, 6) is 0. The molecule has 0 unspecified atom stereocenters. The van der Waals surface area contributed by atoms with Crippen LogP contribution in [-0.2, 0) is 4.74 Å². The van der Waals surface area contributed by atoms with E-state index in [2.05, 4.69) is 52.8 Å². The molecule has 5 heteroatoms. The second-order valence-corrected chi connectivity index (χ2v) is 6.89. The summed E-state index contributed by atoms with van der Waals surface area (Å²) in [6, 6.07) is 11.3. The summed E-state index contributed by atoms with van der Waals surface area (Å²) in [6.45, 7) is 5.75. The van der Waals surface area contributed by atoms with Gasteiger partial charge in [-0.2, -0.15) is 0 Å². The summed E-state index contributed by atoms with van der Waals surface area (Å²) in [4.78, 5) is 14.5. The van der Waals surface area contributed by atoms with Crippen molar-refractivity contribution in [1.29, 1.82) is 0 Å². The minimum Gasteiger partial charge on any atom is -0.376 e. The van der Waals surface area contributed by atoms with Crippen LogP contribution in [0.4, 0.5) is 4.79 Å². The van der Waals surface area contributed by atoms with Crippen LogP contribution in [0, 0.1) is 0 Å². The molecule has 0 aliphatic carbocycles. The van der Waals surface area contributed by atoms with Crippen molar-refractivity contribution in [3.63, 3.8) is 0 Å². The van der Waals surface area contributed by atoms with E-state index in [1.807, 2.05) is 0 Å². The molecule has 0 bridgehead atoms. The van der Waals surface area contributed by atoms with Gasteiger partial charge >= 0.3 is 6.03 Å². The number of benzene rings is 1. The zero-order valence-electron chi connectivity index (χ0n) is 14.5. The predicted octanol–water partition coefficient (Wildman–Crippen LogP) is 2.69. The van der Waals surface area contributed by atoms with Gasteiger partial charge in [-0.1, -0.05) is 30.3 Å². The van der Waals surface area contributed by atoms with Crippen LogP contribution in [0.3, 0.4) is 0 Å². The van der Waals surface area contributed by atoms with E-state index in [4.69, 9.17) is 4.74 Å². The standard InChI is InChI=1S/C19H29N3O2/c1-15(16-6-3-2-4-7-16)22-11-9-17(10-12-22)21-19(23)20-14-18-8-5-13-24-18/h2-4,6-7,15,17-18H,5,8-14H2,1H3,(H2,20,21,23)/t15-,18-/m1/s1. The van der Waals surface area contributed by atoms with Crippen molar-refractivity contribution in [2.24, 2.45) is 0 Å². The van der Waals surface area contributed by atoms with Gasteiger partial charge in [0.1, 0.15) is 0 Å². The first-order chi connectivity index (χ1) is 11.7. The van der Waals surface area contributed by atoms with Crippen LogP contribution >= 0.6 is 0 Å². The monoisotopic (exact) mass is 331 g/mol. The largest absolute Gasteiger partial charge is 0.376 e. The van der Waals surface area contributed by atoms with E-state index in [0.717, 1.165) is 45.4 Å². The lowest BCUT2D eigenvalue weighted by atomic mass is 10.0. The zero-order valence-corrected chi connectivity index (χ0v) is 14.5. The lowest BCUT2D eigenvalue weighted by Gasteiger charge is -2.36. The van der Waals surface area contributed by atoms with Crippen LogP contribution < -0.4 is 10.6 Å². The molecular formula is C19H29N3O2. The second kappa shape index (κ2) is 8.49. The second-order valence-electron chi connectivity index (χ2n) is 6.89. The van der Waals surface area contributed by atoms with Crippen molar-refractivity contribution < 1.29 is 9.53 Å². The Kier molecular flexibility index (Phi) is 6.10. The Morgan fingerprint density at radius 2 is 2.00 bits per heavy atom. The molecule has 2 heterocycles. The summed E-state index contributed by atoms with van der Waals surface area (Å²) in [5, 5.41) is 6.05. The fourth-order valence-corrected chi connectivity index (χ4v) is 3.62. The van der Waals surface area contributed by atoms with Gasteiger partial charge in [-0.15, -0.1) is 0 Å². The maximum atomic E-state index is 12.0. The number of amides is 2. The van der Waals surface area contributed by atoms with Gasteiger partial charge in [-0.05, 0) is 38.2 Å². The number of carbonyl (C=O) groups excluding carboxylic acids is 1. The first-order valence-corrected chi connectivity index (χ1v) is 9.17. The SMILES string of the molecule is C[C@H](c1ccccc1)N1CCC(NC(=O)NC[C@H]2CCCO2)CC1. The van der Waals surface area contributed by atoms with Crippen molar-refractivity contribution in [2.75, 3.05) is 26.2 Å². The fraction of sp³-hybridized carbons (Fsp3) is 0.632. The third-order valence-electron chi connectivity index (χ3n) is 5.21. The summed E-state index contributed by atoms with van der Waals surface area (Å²) in [5.41, 5.74) is 1.36. The lowest BCUT2D eigenvalue weighted by molar-refractivity contribution is 0.110. The fourth-order valence-electron chi connectivity index (χ4n) is 3.62. The smallest absolute Gasteiger partial charge is 0.315 e. The van der Waals surface area contributed by atoms with Crippen LogP contribution in [0.15, 0.2) is 30.3 Å². The molecule has 5 nitrogen and oxygen atoms in total. The number of hydrogen-bond donors (Lipinski definition) is 2. The lowest BCUT2D eigenvalue weighted by Crippen LogP contribution is -2.49. The Labute approximate surface area is 144 Å². The van der Waals surface area contributed by atoms with Crippen LogP contribution in [0.25, 0.3) is 0 Å². The molecular weight excluding hydrogens is 302 g/mol. The first kappa shape index (κ1) is 17.2. The molecule has 2 atom stereocenters. The van der Waals surface area contributed by atoms with E-state index < -0.39 is 0 Å². The summed E-state index contributed by atoms with van der Waals surface area (Å²) >= 11 is 0. The Bertz CT molecular complexity index is 509. The van der Waals surface area contributed by atoms with E-state index in [1.165, 1.54) is 5.56 Å². The molecule has 2 saturated heterocycles. The highest BCUT2D eigenvalue weighted by molar-refractivity contribution is 5.74. The number of hydrogen-bond acceptors (Lipinski definition) is 3. The molecule has 0 radical (unpaired) electrons. The number of piperidine rings is 1. The maximum Gasteiger partial charge on any atom is 0.315 e. The Hall–Kier alpha value is -1.59. The predicted molar refractivity (Wildman–Crippen MR) is 95.0 cm³/mol. The minimum absolute atomic E-state index is 0.0555. The van der Waals surface area contributed by atoms with E-state index in [-0.39, 0.29) is 18.2 Å². The molecule has 2 aliphatic rings. The third kappa shape index (κ3) is 4.71. The quantitative estimate of drug-likeness (QED) is 0.872. The van der Waals surface area contributed by atoms with Gasteiger partial charge in [0.25, 0.3) is 0 Å². The number of likely N-dealkylation sites (tertiary alicyclic amines) is 1. The summed E-state index contributed by atoms with van der Waals surface area (Å²) in [6.07, 6.45) is 4.36. The molecule has 2 N–H and O–H groups in total. The van der Waals surface area contributed by atoms with Crippen molar-refractivity contribution in [3.05, 3.63) is 35.9 Å². The van der Waals surface area contributed by atoms with Gasteiger partial charge in [-0.25, -0.2) is 4.79 Å². The molecule has 132 valence electrons. The molecule has 2 aliphatic heterocycles. The van der Waals surface area contributed by atoms with Gasteiger partial charge in [0, 0.05) is 38.3 Å². The molecule has 0 aromatic heterocycles. The third-order valence-corrected chi connectivity index (χ3v) is 5.21. The van der Waals surface area contributed by atoms with Gasteiger partial charge in [-0.3, -0.25) is 4.90 Å². The number of ether oxygens (including phenoxy) is 1. The molecule has 1 aromatic carbocycles. The van der Waals surface area contributed by atoms with Gasteiger partial charge in [0.15, 0.2) is 0 Å². The van der Waals surface area contributed by atoms with Gasteiger partial charge < -0.3 is 15.4 Å². The normalized spacial score (nSPS) is 23.8. The molecule has 0 spiro atoms. The van der Waals surface area contributed by atoms with Gasteiger partial charge in [0.05, 0.1) is 6.10 Å². The number of nitrogens with one attached hydrogen (secondary N) is 2. The van der Waals surface area contributed by atoms with E-state index in [9.17, 15) is 4.79 Å². The number of nitrogens with zero attached hydrogens (tertiary/aromatic N) is 1. The summed E-state index contributed by atoms with van der Waals surface area (Å²) in [7, 11) is 0. The average molecular weight is 331 g/mol. The van der Waals surface area contributed by atoms with E-state index >= 15 is 0 Å². The highest BCUT2D eigenvalue weighted by Gasteiger charge is 2.24. The number of carbonyl (C=O) groups is 1. The first-order valence-electron chi connectivity index (χ1n) is 9.17.